The third-order valence-corrected chi connectivity index (χ3v) is 11.5. The Balaban J connectivity index is 1.05. The number of para-hydroxylation sites is 1. The number of aryl methyl sites for hydroxylation is 2. The number of nitrogens with one attached hydrogen (secondary N) is 2. The molecule has 2 aromatic rings. The normalized spacial score (nSPS) is 20.1. The fraction of sp³-hybridized carbons (Fsp3) is 0.590. The number of nitrogens with zero attached hydrogens (tertiary/aromatic N) is 4. The first-order valence-electron chi connectivity index (χ1n) is 18.8. The Bertz CT molecular complexity index is 1570. The number of phenols is 1. The average Bonchev–Trinajstić information content (AvgIpc) is 3.31. The van der Waals surface area contributed by atoms with Crippen molar-refractivity contribution in [2.24, 2.45) is 11.8 Å². The van der Waals surface area contributed by atoms with E-state index in [2.05, 4.69) is 15.7 Å². The van der Waals surface area contributed by atoms with Gasteiger partial charge in [-0.25, -0.2) is 15.1 Å². The molecule has 2 aromatic carbocycles. The summed E-state index contributed by atoms with van der Waals surface area (Å²) in [6.45, 7) is 8.39. The van der Waals surface area contributed by atoms with E-state index in [-0.39, 0.29) is 36.1 Å². The van der Waals surface area contributed by atoms with E-state index in [1.54, 1.807) is 4.90 Å². The lowest BCUT2D eigenvalue weighted by Gasteiger charge is -2.41. The number of ether oxygens (including phenoxy) is 1. The molecule has 282 valence electrons. The van der Waals surface area contributed by atoms with E-state index in [1.807, 2.05) is 60.0 Å². The molecule has 52 heavy (non-hydrogen) atoms. The third-order valence-electron chi connectivity index (χ3n) is 11.5. The summed E-state index contributed by atoms with van der Waals surface area (Å²) < 4.78 is 6.08. The van der Waals surface area contributed by atoms with Crippen LogP contribution in [0.15, 0.2) is 36.4 Å². The predicted octanol–water partition coefficient (Wildman–Crippen LogP) is 4.24. The highest BCUT2D eigenvalue weighted by Crippen LogP contribution is 2.33. The first kappa shape index (κ1) is 37.4. The van der Waals surface area contributed by atoms with Crippen molar-refractivity contribution in [2.75, 3.05) is 64.8 Å². The molecule has 0 saturated carbocycles. The van der Waals surface area contributed by atoms with Crippen LogP contribution in [0.3, 0.4) is 0 Å². The summed E-state index contributed by atoms with van der Waals surface area (Å²) >= 11 is 0. The number of piperidine rings is 3. The molecule has 3 saturated heterocycles. The summed E-state index contributed by atoms with van der Waals surface area (Å²) in [6, 6.07) is 11.5. The second-order valence-electron chi connectivity index (χ2n) is 14.9. The number of anilines is 1. The SMILES string of the molecule is CONC(=O)CN1CCC(C2CCN(C(=O)[C@@H](Cc3cc(C)c(O)c(C)c3)OC(=O)N3CCC(N4CCc5ccccc5NC4=O)CC3)CC2)CC1. The summed E-state index contributed by atoms with van der Waals surface area (Å²) in [6.07, 6.45) is 4.54. The van der Waals surface area contributed by atoms with Gasteiger partial charge >= 0.3 is 12.1 Å². The molecule has 0 bridgehead atoms. The maximum Gasteiger partial charge on any atom is 0.410 e. The van der Waals surface area contributed by atoms with E-state index in [0.717, 1.165) is 62.0 Å². The summed E-state index contributed by atoms with van der Waals surface area (Å²) in [5.41, 5.74) is 6.60. The van der Waals surface area contributed by atoms with Gasteiger partial charge in [-0.1, -0.05) is 30.3 Å². The first-order chi connectivity index (χ1) is 25.1. The van der Waals surface area contributed by atoms with Gasteiger partial charge in [0.25, 0.3) is 11.8 Å². The van der Waals surface area contributed by atoms with Crippen molar-refractivity contribution in [1.29, 1.82) is 0 Å². The fourth-order valence-corrected chi connectivity index (χ4v) is 8.58. The molecule has 4 heterocycles. The molecule has 0 aliphatic carbocycles. The van der Waals surface area contributed by atoms with Gasteiger partial charge in [-0.15, -0.1) is 0 Å². The lowest BCUT2D eigenvalue weighted by Crippen LogP contribution is -2.52. The van der Waals surface area contributed by atoms with Gasteiger partial charge in [0.15, 0.2) is 6.10 Å². The van der Waals surface area contributed by atoms with Crippen LogP contribution >= 0.6 is 0 Å². The van der Waals surface area contributed by atoms with Crippen molar-refractivity contribution in [2.45, 2.75) is 77.4 Å². The molecule has 0 radical (unpaired) electrons. The minimum atomic E-state index is -0.999. The van der Waals surface area contributed by atoms with Crippen molar-refractivity contribution >= 4 is 29.6 Å². The molecule has 6 rings (SSSR count). The number of carbonyl (C=O) groups excluding carboxylic acids is 4. The summed E-state index contributed by atoms with van der Waals surface area (Å²) in [5, 5.41) is 13.4. The summed E-state index contributed by atoms with van der Waals surface area (Å²) in [4.78, 5) is 65.1. The number of rotatable bonds is 9. The minimum Gasteiger partial charge on any atom is -0.507 e. The highest BCUT2D eigenvalue weighted by Gasteiger charge is 2.37. The third kappa shape index (κ3) is 8.98. The van der Waals surface area contributed by atoms with Gasteiger partial charge in [0.1, 0.15) is 5.75 Å². The molecule has 5 amide bonds. The zero-order chi connectivity index (χ0) is 36.8. The molecule has 13 heteroatoms. The van der Waals surface area contributed by atoms with E-state index in [9.17, 15) is 24.3 Å². The Morgan fingerprint density at radius 3 is 2.15 bits per heavy atom. The highest BCUT2D eigenvalue weighted by molar-refractivity contribution is 5.91. The quantitative estimate of drug-likeness (QED) is 0.327. The molecule has 0 aromatic heterocycles. The number of aromatic hydroxyl groups is 1. The monoisotopic (exact) mass is 718 g/mol. The van der Waals surface area contributed by atoms with Crippen LogP contribution in [0.4, 0.5) is 15.3 Å². The summed E-state index contributed by atoms with van der Waals surface area (Å²) in [5.74, 6) is 0.946. The topological polar surface area (TPSA) is 144 Å². The van der Waals surface area contributed by atoms with Crippen LogP contribution in [0.5, 0.6) is 5.75 Å². The average molecular weight is 719 g/mol. The number of carbonyl (C=O) groups is 4. The van der Waals surface area contributed by atoms with Gasteiger partial charge in [-0.2, -0.15) is 0 Å². The number of likely N-dealkylation sites (tertiary alicyclic amines) is 3. The number of hydrogen-bond acceptors (Lipinski definition) is 8. The van der Waals surface area contributed by atoms with Crippen LogP contribution in [0, 0.1) is 25.7 Å². The Kier molecular flexibility index (Phi) is 12.2. The lowest BCUT2D eigenvalue weighted by molar-refractivity contribution is -0.142. The number of hydroxylamine groups is 1. The molecule has 13 nitrogen and oxygen atoms in total. The number of urea groups is 1. The largest absolute Gasteiger partial charge is 0.507 e. The zero-order valence-corrected chi connectivity index (χ0v) is 30.8. The molecule has 4 aliphatic rings. The molecule has 1 atom stereocenters. The van der Waals surface area contributed by atoms with Crippen LogP contribution in [-0.4, -0.2) is 120 Å². The Morgan fingerprint density at radius 2 is 1.50 bits per heavy atom. The zero-order valence-electron chi connectivity index (χ0n) is 30.8. The van der Waals surface area contributed by atoms with Gasteiger partial charge in [0, 0.05) is 50.9 Å². The first-order valence-corrected chi connectivity index (χ1v) is 18.8. The van der Waals surface area contributed by atoms with Gasteiger partial charge in [-0.3, -0.25) is 19.3 Å². The van der Waals surface area contributed by atoms with Crippen LogP contribution in [0.2, 0.25) is 0 Å². The van der Waals surface area contributed by atoms with E-state index >= 15 is 0 Å². The fourth-order valence-electron chi connectivity index (χ4n) is 8.58. The second-order valence-corrected chi connectivity index (χ2v) is 14.9. The van der Waals surface area contributed by atoms with Crippen LogP contribution in [0.1, 0.15) is 60.8 Å². The Morgan fingerprint density at radius 1 is 0.885 bits per heavy atom. The Hall–Kier alpha value is -4.36. The standard InChI is InChI=1S/C39H54N6O7/c1-26-22-28(23-27(2)36(26)47)24-34(37(48)43-17-10-30(11-18-43)29-8-15-42(16-9-29)25-35(46)41-51-3)52-39(50)44-19-13-32(14-20-44)45-21-12-31-6-4-5-7-33(31)40-38(45)49/h4-7,22-23,29-30,32,34,47H,8-21,24-25H2,1-3H3,(H,40,49)(H,41,46)/t34-/m1/s1. The van der Waals surface area contributed by atoms with Crippen molar-refractivity contribution in [3.05, 3.63) is 58.7 Å². The molecule has 3 fully saturated rings. The molecular weight excluding hydrogens is 664 g/mol. The Labute approximate surface area is 306 Å². The second kappa shape index (κ2) is 17.0. The van der Waals surface area contributed by atoms with E-state index < -0.39 is 12.2 Å². The molecule has 0 unspecified atom stereocenters. The van der Waals surface area contributed by atoms with Crippen LogP contribution in [-0.2, 0) is 32.0 Å². The van der Waals surface area contributed by atoms with Crippen molar-refractivity contribution in [3.63, 3.8) is 0 Å². The predicted molar refractivity (Wildman–Crippen MR) is 196 cm³/mol. The molecular formula is C39H54N6O7. The van der Waals surface area contributed by atoms with E-state index in [1.165, 1.54) is 7.11 Å². The van der Waals surface area contributed by atoms with Gasteiger partial charge in [0.05, 0.1) is 13.7 Å². The highest BCUT2D eigenvalue weighted by atomic mass is 16.6. The molecule has 4 aliphatic heterocycles. The van der Waals surface area contributed by atoms with Crippen LogP contribution < -0.4 is 10.8 Å². The van der Waals surface area contributed by atoms with Crippen molar-refractivity contribution in [1.82, 2.24) is 25.1 Å². The number of phenolic OH excluding ortho intramolecular Hbond substituents is 1. The number of benzene rings is 2. The van der Waals surface area contributed by atoms with Gasteiger partial charge in [0.2, 0.25) is 0 Å². The lowest BCUT2D eigenvalue weighted by atomic mass is 9.78. The number of hydrogen-bond donors (Lipinski definition) is 3. The molecule has 3 N–H and O–H groups in total. The van der Waals surface area contributed by atoms with E-state index in [4.69, 9.17) is 9.57 Å². The van der Waals surface area contributed by atoms with E-state index in [0.29, 0.717) is 75.1 Å². The number of amides is 5. The van der Waals surface area contributed by atoms with Gasteiger partial charge in [-0.05, 0) is 112 Å². The molecule has 0 spiro atoms. The maximum absolute atomic E-state index is 14.1. The summed E-state index contributed by atoms with van der Waals surface area (Å²) in [7, 11) is 1.44. The smallest absolute Gasteiger partial charge is 0.410 e. The van der Waals surface area contributed by atoms with Crippen LogP contribution in [0.25, 0.3) is 0 Å². The van der Waals surface area contributed by atoms with Gasteiger partial charge < -0.3 is 29.9 Å². The van der Waals surface area contributed by atoms with Crippen molar-refractivity contribution in [3.8, 4) is 5.75 Å². The maximum atomic E-state index is 14.1. The van der Waals surface area contributed by atoms with Crippen molar-refractivity contribution < 1.29 is 33.9 Å². The minimum absolute atomic E-state index is 0.00225. The number of fused-ring (bicyclic) bond motifs is 1.